The third-order valence-electron chi connectivity index (χ3n) is 4.97. The third kappa shape index (κ3) is 3.45. The van der Waals surface area contributed by atoms with Gasteiger partial charge >= 0.3 is 5.95 Å². The van der Waals surface area contributed by atoms with E-state index in [4.69, 9.17) is 5.73 Å². The Kier molecular flexibility index (Phi) is 4.77. The van der Waals surface area contributed by atoms with Crippen molar-refractivity contribution in [1.82, 2.24) is 4.57 Å². The fraction of sp³-hybridized carbons (Fsp3) is 0.0833. The standard InChI is InChI=1S/C24H21N3O/c1-26-22(20-10-6-3-7-11-20)16-27(24(26)25)17-23(28)21-14-12-19(13-15-21)18-8-4-2-5-9-18/h2-16,25H,17H2,1H3/p+1. The maximum Gasteiger partial charge on any atom is 0.355 e. The number of hydrogen-bond donors (Lipinski definition) is 1. The third-order valence-corrected chi connectivity index (χ3v) is 4.97. The van der Waals surface area contributed by atoms with Gasteiger partial charge < -0.3 is 0 Å². The van der Waals surface area contributed by atoms with Crippen LogP contribution in [0.3, 0.4) is 0 Å². The molecule has 0 saturated heterocycles. The van der Waals surface area contributed by atoms with Crippen molar-refractivity contribution in [3.63, 3.8) is 0 Å². The van der Waals surface area contributed by atoms with Gasteiger partial charge in [0.05, 0.1) is 7.05 Å². The van der Waals surface area contributed by atoms with E-state index in [0.717, 1.165) is 22.4 Å². The zero-order valence-corrected chi connectivity index (χ0v) is 15.7. The molecule has 0 aliphatic carbocycles. The topological polar surface area (TPSA) is 51.9 Å². The summed E-state index contributed by atoms with van der Waals surface area (Å²) in [6.45, 7) is 0.206. The number of rotatable bonds is 5. The molecule has 0 radical (unpaired) electrons. The van der Waals surface area contributed by atoms with E-state index >= 15 is 0 Å². The summed E-state index contributed by atoms with van der Waals surface area (Å²) in [6.07, 6.45) is 1.93. The molecule has 3 aromatic carbocycles. The number of carbonyl (C=O) groups is 1. The van der Waals surface area contributed by atoms with Crippen LogP contribution in [0.2, 0.25) is 0 Å². The van der Waals surface area contributed by atoms with Crippen molar-refractivity contribution in [1.29, 1.82) is 0 Å². The van der Waals surface area contributed by atoms with E-state index in [0.29, 0.717) is 11.5 Å². The van der Waals surface area contributed by atoms with Crippen molar-refractivity contribution in [2.45, 2.75) is 6.54 Å². The van der Waals surface area contributed by atoms with Gasteiger partial charge in [-0.1, -0.05) is 84.9 Å². The fourth-order valence-electron chi connectivity index (χ4n) is 3.35. The molecule has 28 heavy (non-hydrogen) atoms. The smallest absolute Gasteiger partial charge is 0.291 e. The highest BCUT2D eigenvalue weighted by Crippen LogP contribution is 2.21. The molecule has 4 nitrogen and oxygen atoms in total. The number of benzene rings is 3. The van der Waals surface area contributed by atoms with Gasteiger partial charge in [0.2, 0.25) is 0 Å². The number of carbonyl (C=O) groups excluding carboxylic acids is 1. The van der Waals surface area contributed by atoms with Crippen molar-refractivity contribution < 1.29 is 9.36 Å². The molecule has 138 valence electrons. The summed E-state index contributed by atoms with van der Waals surface area (Å²) in [5.74, 6) is 0.578. The van der Waals surface area contributed by atoms with E-state index in [9.17, 15) is 4.79 Å². The molecule has 1 heterocycles. The number of nitrogen functional groups attached to an aromatic ring is 1. The highest BCUT2D eigenvalue weighted by Gasteiger charge is 2.20. The maximum atomic E-state index is 12.8. The van der Waals surface area contributed by atoms with Crippen LogP contribution < -0.4 is 10.3 Å². The predicted molar refractivity (Wildman–Crippen MR) is 112 cm³/mol. The molecule has 0 bridgehead atoms. The molecule has 0 aliphatic rings. The first-order valence-corrected chi connectivity index (χ1v) is 9.22. The van der Waals surface area contributed by atoms with Gasteiger partial charge in [-0.3, -0.25) is 10.5 Å². The predicted octanol–water partition coefficient (Wildman–Crippen LogP) is 4.11. The molecule has 0 fully saturated rings. The van der Waals surface area contributed by atoms with Gasteiger partial charge in [0.1, 0.15) is 18.4 Å². The van der Waals surface area contributed by atoms with Crippen LogP contribution in [0.5, 0.6) is 0 Å². The summed E-state index contributed by atoms with van der Waals surface area (Å²) in [5.41, 5.74) is 11.2. The van der Waals surface area contributed by atoms with E-state index < -0.39 is 0 Å². The minimum absolute atomic E-state index is 0.0292. The van der Waals surface area contributed by atoms with Crippen molar-refractivity contribution in [2.75, 3.05) is 5.73 Å². The van der Waals surface area contributed by atoms with Crippen molar-refractivity contribution in [3.05, 3.63) is 96.7 Å². The molecular formula is C24H22N3O+. The van der Waals surface area contributed by atoms with Crippen LogP contribution in [0.4, 0.5) is 5.95 Å². The molecule has 2 N–H and O–H groups in total. The molecule has 0 saturated carbocycles. The second-order valence-corrected chi connectivity index (χ2v) is 6.79. The zero-order valence-electron chi connectivity index (χ0n) is 15.7. The van der Waals surface area contributed by atoms with Crippen LogP contribution in [0, 0.1) is 0 Å². The van der Waals surface area contributed by atoms with Crippen LogP contribution in [0.1, 0.15) is 10.4 Å². The highest BCUT2D eigenvalue weighted by atomic mass is 16.1. The van der Waals surface area contributed by atoms with Crippen LogP contribution >= 0.6 is 0 Å². The van der Waals surface area contributed by atoms with Crippen LogP contribution in [-0.4, -0.2) is 10.4 Å². The molecule has 0 amide bonds. The second kappa shape index (κ2) is 7.53. The van der Waals surface area contributed by atoms with Crippen LogP contribution in [0.15, 0.2) is 91.1 Å². The molecule has 4 aromatic rings. The number of imidazole rings is 1. The lowest BCUT2D eigenvalue weighted by Crippen LogP contribution is -2.39. The quantitative estimate of drug-likeness (QED) is 0.426. The number of hydrogen-bond acceptors (Lipinski definition) is 2. The van der Waals surface area contributed by atoms with Gasteiger partial charge in [-0.05, 0) is 11.1 Å². The first-order chi connectivity index (χ1) is 13.6. The molecule has 0 aliphatic heterocycles. The first kappa shape index (κ1) is 17.7. The Balaban J connectivity index is 1.56. The Bertz CT molecular complexity index is 1100. The van der Waals surface area contributed by atoms with Gasteiger partial charge in [-0.15, -0.1) is 0 Å². The number of anilines is 1. The number of nitrogens with zero attached hydrogens (tertiary/aromatic N) is 2. The molecule has 0 spiro atoms. The Morgan fingerprint density at radius 2 is 1.36 bits per heavy atom. The highest BCUT2D eigenvalue weighted by molar-refractivity contribution is 5.95. The summed E-state index contributed by atoms with van der Waals surface area (Å²) in [7, 11) is 1.91. The van der Waals surface area contributed by atoms with Gasteiger partial charge in [0.15, 0.2) is 5.78 Å². The Morgan fingerprint density at radius 1 is 0.821 bits per heavy atom. The number of aromatic nitrogens is 2. The maximum absolute atomic E-state index is 12.8. The van der Waals surface area contributed by atoms with E-state index in [2.05, 4.69) is 12.1 Å². The fourth-order valence-corrected chi connectivity index (χ4v) is 3.35. The van der Waals surface area contributed by atoms with Crippen molar-refractivity contribution in [2.24, 2.45) is 7.05 Å². The zero-order chi connectivity index (χ0) is 19.5. The minimum atomic E-state index is 0.0292. The van der Waals surface area contributed by atoms with Gasteiger partial charge in [-0.2, -0.15) is 0 Å². The monoisotopic (exact) mass is 368 g/mol. The van der Waals surface area contributed by atoms with Gasteiger partial charge in [0, 0.05) is 11.1 Å². The van der Waals surface area contributed by atoms with E-state index in [1.54, 1.807) is 4.57 Å². The van der Waals surface area contributed by atoms with Crippen molar-refractivity contribution in [3.8, 4) is 22.4 Å². The Labute approximate surface area is 164 Å². The van der Waals surface area contributed by atoms with Gasteiger partial charge in [-0.25, -0.2) is 9.13 Å². The largest absolute Gasteiger partial charge is 0.355 e. The molecule has 0 atom stereocenters. The summed E-state index contributed by atoms with van der Waals surface area (Å²) >= 11 is 0. The van der Waals surface area contributed by atoms with Gasteiger partial charge in [0.25, 0.3) is 0 Å². The average Bonchev–Trinajstić information content (AvgIpc) is 3.03. The average molecular weight is 368 g/mol. The van der Waals surface area contributed by atoms with Crippen molar-refractivity contribution >= 4 is 11.7 Å². The molecule has 1 aromatic heterocycles. The lowest BCUT2D eigenvalue weighted by atomic mass is 10.0. The van der Waals surface area contributed by atoms with E-state index in [1.165, 1.54) is 0 Å². The molecule has 0 unspecified atom stereocenters. The molecule has 4 heteroatoms. The van der Waals surface area contributed by atoms with E-state index in [1.807, 2.05) is 90.6 Å². The first-order valence-electron chi connectivity index (χ1n) is 9.22. The number of nitrogens with two attached hydrogens (primary N) is 1. The number of ketones is 1. The summed E-state index contributed by atoms with van der Waals surface area (Å²) < 4.78 is 3.71. The lowest BCUT2D eigenvalue weighted by Gasteiger charge is -2.04. The van der Waals surface area contributed by atoms with Crippen LogP contribution in [-0.2, 0) is 13.6 Å². The minimum Gasteiger partial charge on any atom is -0.291 e. The second-order valence-electron chi connectivity index (χ2n) is 6.79. The summed E-state index contributed by atoms with van der Waals surface area (Å²) in [5, 5.41) is 0. The SMILES string of the molecule is Cn1c(-c2ccccc2)c[n+](CC(=O)c2ccc(-c3ccccc3)cc2)c1N. The number of Topliss-reactive ketones (excluding diaryl/α,β-unsaturated/α-hetero) is 1. The molecule has 4 rings (SSSR count). The summed E-state index contributed by atoms with van der Waals surface area (Å²) in [6, 6.07) is 27.9. The normalized spacial score (nSPS) is 10.8. The summed E-state index contributed by atoms with van der Waals surface area (Å²) in [4.78, 5) is 12.8. The Morgan fingerprint density at radius 3 is 1.96 bits per heavy atom. The van der Waals surface area contributed by atoms with E-state index in [-0.39, 0.29) is 12.3 Å². The lowest BCUT2D eigenvalue weighted by molar-refractivity contribution is -0.667. The Hall–Kier alpha value is -3.66. The molecular weight excluding hydrogens is 346 g/mol. The van der Waals surface area contributed by atoms with Crippen LogP contribution in [0.25, 0.3) is 22.4 Å².